The first-order chi connectivity index (χ1) is 8.18. The molecule has 0 bridgehead atoms. The average molecular weight is 229 g/mol. The normalized spacial score (nSPS) is 16.7. The molecule has 0 unspecified atom stereocenters. The number of hydrogen-bond donors (Lipinski definition) is 1. The summed E-state index contributed by atoms with van der Waals surface area (Å²) in [7, 11) is 0. The SMILES string of the molecule is Cc1ccncc1CNC(=O)C1(C#N)CCC1. The molecular formula is C13H15N3O. The van der Waals surface area contributed by atoms with Crippen LogP contribution in [0.1, 0.15) is 30.4 Å². The highest BCUT2D eigenvalue weighted by Crippen LogP contribution is 2.40. The zero-order valence-electron chi connectivity index (χ0n) is 9.86. The van der Waals surface area contributed by atoms with Gasteiger partial charge in [-0.25, -0.2) is 0 Å². The predicted molar refractivity (Wildman–Crippen MR) is 62.7 cm³/mol. The van der Waals surface area contributed by atoms with Gasteiger partial charge in [-0.15, -0.1) is 0 Å². The molecular weight excluding hydrogens is 214 g/mol. The molecule has 1 aliphatic rings. The molecule has 1 aromatic rings. The van der Waals surface area contributed by atoms with E-state index >= 15 is 0 Å². The molecule has 4 nitrogen and oxygen atoms in total. The maximum absolute atomic E-state index is 11.9. The van der Waals surface area contributed by atoms with E-state index in [0.29, 0.717) is 19.4 Å². The van der Waals surface area contributed by atoms with Crippen LogP contribution in [0.2, 0.25) is 0 Å². The van der Waals surface area contributed by atoms with Crippen molar-refractivity contribution in [2.45, 2.75) is 32.7 Å². The zero-order chi connectivity index (χ0) is 12.3. The number of aryl methyl sites for hydroxylation is 1. The molecule has 1 N–H and O–H groups in total. The van der Waals surface area contributed by atoms with Crippen molar-refractivity contribution >= 4 is 5.91 Å². The summed E-state index contributed by atoms with van der Waals surface area (Å²) >= 11 is 0. The second-order valence-corrected chi connectivity index (χ2v) is 4.53. The average Bonchev–Trinajstić information content (AvgIpc) is 2.27. The largest absolute Gasteiger partial charge is 0.351 e. The molecule has 0 spiro atoms. The summed E-state index contributed by atoms with van der Waals surface area (Å²) in [5, 5.41) is 11.9. The van der Waals surface area contributed by atoms with E-state index in [1.807, 2.05) is 13.0 Å². The lowest BCUT2D eigenvalue weighted by Crippen LogP contribution is -2.44. The Bertz CT molecular complexity index is 472. The van der Waals surface area contributed by atoms with Gasteiger partial charge in [-0.2, -0.15) is 5.26 Å². The van der Waals surface area contributed by atoms with Crippen LogP contribution < -0.4 is 5.32 Å². The summed E-state index contributed by atoms with van der Waals surface area (Å²) in [6, 6.07) is 4.05. The van der Waals surface area contributed by atoms with Gasteiger partial charge in [0.05, 0.1) is 6.07 Å². The molecule has 1 heterocycles. The third kappa shape index (κ3) is 2.14. The van der Waals surface area contributed by atoms with Crippen LogP contribution in [-0.2, 0) is 11.3 Å². The number of pyridine rings is 1. The molecule has 0 aliphatic heterocycles. The Morgan fingerprint density at radius 2 is 2.41 bits per heavy atom. The van der Waals surface area contributed by atoms with Crippen LogP contribution >= 0.6 is 0 Å². The molecule has 1 amide bonds. The minimum Gasteiger partial charge on any atom is -0.351 e. The topological polar surface area (TPSA) is 65.8 Å². The van der Waals surface area contributed by atoms with E-state index in [9.17, 15) is 4.79 Å². The van der Waals surface area contributed by atoms with Gasteiger partial charge in [-0.3, -0.25) is 9.78 Å². The second kappa shape index (κ2) is 4.54. The molecule has 88 valence electrons. The summed E-state index contributed by atoms with van der Waals surface area (Å²) in [5.74, 6) is -0.144. The number of nitrogens with one attached hydrogen (secondary N) is 1. The van der Waals surface area contributed by atoms with Gasteiger partial charge in [0.15, 0.2) is 0 Å². The monoisotopic (exact) mass is 229 g/mol. The van der Waals surface area contributed by atoms with Crippen molar-refractivity contribution in [1.82, 2.24) is 10.3 Å². The minimum atomic E-state index is -0.768. The molecule has 0 aromatic carbocycles. The van der Waals surface area contributed by atoms with Crippen LogP contribution in [-0.4, -0.2) is 10.9 Å². The van der Waals surface area contributed by atoms with Gasteiger partial charge in [-0.05, 0) is 43.4 Å². The highest BCUT2D eigenvalue weighted by Gasteiger charge is 2.44. The van der Waals surface area contributed by atoms with Gasteiger partial charge in [0.2, 0.25) is 5.91 Å². The molecule has 1 aromatic heterocycles. The number of nitriles is 1. The lowest BCUT2D eigenvalue weighted by molar-refractivity contribution is -0.131. The summed E-state index contributed by atoms with van der Waals surface area (Å²) in [4.78, 5) is 15.9. The van der Waals surface area contributed by atoms with Crippen LogP contribution in [0.5, 0.6) is 0 Å². The van der Waals surface area contributed by atoms with E-state index in [1.54, 1.807) is 12.4 Å². The molecule has 4 heteroatoms. The molecule has 0 saturated heterocycles. The van der Waals surface area contributed by atoms with Gasteiger partial charge in [-0.1, -0.05) is 0 Å². The van der Waals surface area contributed by atoms with E-state index in [4.69, 9.17) is 5.26 Å². The maximum atomic E-state index is 11.9. The minimum absolute atomic E-state index is 0.144. The van der Waals surface area contributed by atoms with Crippen LogP contribution in [0.15, 0.2) is 18.5 Å². The molecule has 2 rings (SSSR count). The third-order valence-corrected chi connectivity index (χ3v) is 3.44. The Hall–Kier alpha value is -1.89. The Labute approximate surface area is 101 Å². The lowest BCUT2D eigenvalue weighted by Gasteiger charge is -2.33. The molecule has 0 atom stereocenters. The molecule has 0 radical (unpaired) electrons. The van der Waals surface area contributed by atoms with E-state index in [1.165, 1.54) is 0 Å². The van der Waals surface area contributed by atoms with Crippen LogP contribution in [0.4, 0.5) is 0 Å². The Morgan fingerprint density at radius 1 is 1.65 bits per heavy atom. The number of amides is 1. The smallest absolute Gasteiger partial charge is 0.240 e. The van der Waals surface area contributed by atoms with Crippen LogP contribution in [0, 0.1) is 23.7 Å². The molecule has 17 heavy (non-hydrogen) atoms. The van der Waals surface area contributed by atoms with Crippen molar-refractivity contribution in [2.75, 3.05) is 0 Å². The first-order valence-electron chi connectivity index (χ1n) is 5.77. The van der Waals surface area contributed by atoms with Gasteiger partial charge in [0.1, 0.15) is 5.41 Å². The Morgan fingerprint density at radius 3 is 2.94 bits per heavy atom. The van der Waals surface area contributed by atoms with Crippen molar-refractivity contribution < 1.29 is 4.79 Å². The molecule has 1 aliphatic carbocycles. The van der Waals surface area contributed by atoms with Crippen molar-refractivity contribution in [3.63, 3.8) is 0 Å². The Kier molecular flexibility index (Phi) is 3.10. The maximum Gasteiger partial charge on any atom is 0.240 e. The second-order valence-electron chi connectivity index (χ2n) is 4.53. The van der Waals surface area contributed by atoms with Gasteiger partial charge >= 0.3 is 0 Å². The number of rotatable bonds is 3. The number of hydrogen-bond acceptors (Lipinski definition) is 3. The van der Waals surface area contributed by atoms with E-state index < -0.39 is 5.41 Å². The number of carbonyl (C=O) groups excluding carboxylic acids is 1. The van der Waals surface area contributed by atoms with Gasteiger partial charge in [0.25, 0.3) is 0 Å². The number of nitrogens with zero attached hydrogens (tertiary/aromatic N) is 2. The van der Waals surface area contributed by atoms with E-state index in [0.717, 1.165) is 17.5 Å². The first-order valence-corrected chi connectivity index (χ1v) is 5.77. The highest BCUT2D eigenvalue weighted by atomic mass is 16.2. The third-order valence-electron chi connectivity index (χ3n) is 3.44. The molecule has 1 fully saturated rings. The van der Waals surface area contributed by atoms with Crippen LogP contribution in [0.3, 0.4) is 0 Å². The zero-order valence-corrected chi connectivity index (χ0v) is 9.86. The fourth-order valence-corrected chi connectivity index (χ4v) is 1.95. The number of carbonyl (C=O) groups is 1. The fraction of sp³-hybridized carbons (Fsp3) is 0.462. The molecule has 1 saturated carbocycles. The van der Waals surface area contributed by atoms with Gasteiger partial charge in [0, 0.05) is 18.9 Å². The van der Waals surface area contributed by atoms with Crippen molar-refractivity contribution in [2.24, 2.45) is 5.41 Å². The summed E-state index contributed by atoms with van der Waals surface area (Å²) in [6.45, 7) is 2.43. The van der Waals surface area contributed by atoms with E-state index in [-0.39, 0.29) is 5.91 Å². The summed E-state index contributed by atoms with van der Waals surface area (Å²) in [5.41, 5.74) is 1.32. The lowest BCUT2D eigenvalue weighted by atomic mass is 9.69. The summed E-state index contributed by atoms with van der Waals surface area (Å²) < 4.78 is 0. The van der Waals surface area contributed by atoms with E-state index in [2.05, 4.69) is 16.4 Å². The predicted octanol–water partition coefficient (Wildman–Crippen LogP) is 1.70. The quantitative estimate of drug-likeness (QED) is 0.857. The summed E-state index contributed by atoms with van der Waals surface area (Å²) in [6.07, 6.45) is 5.80. The number of aromatic nitrogens is 1. The highest BCUT2D eigenvalue weighted by molar-refractivity contribution is 5.86. The fourth-order valence-electron chi connectivity index (χ4n) is 1.95. The first kappa shape index (κ1) is 11.6. The van der Waals surface area contributed by atoms with Crippen molar-refractivity contribution in [3.05, 3.63) is 29.6 Å². The van der Waals surface area contributed by atoms with Crippen molar-refractivity contribution in [3.8, 4) is 6.07 Å². The van der Waals surface area contributed by atoms with Crippen molar-refractivity contribution in [1.29, 1.82) is 5.26 Å². The van der Waals surface area contributed by atoms with Gasteiger partial charge < -0.3 is 5.32 Å². The standard InChI is InChI=1S/C13H15N3O/c1-10-3-6-15-7-11(10)8-16-12(17)13(9-14)4-2-5-13/h3,6-7H,2,4-5,8H2,1H3,(H,16,17). The Balaban J connectivity index is 1.98. The van der Waals surface area contributed by atoms with Crippen LogP contribution in [0.25, 0.3) is 0 Å².